The van der Waals surface area contributed by atoms with Gasteiger partial charge in [-0.25, -0.2) is 4.79 Å². The molecule has 0 heterocycles. The number of nitrogens with zero attached hydrogens (tertiary/aromatic N) is 1. The fourth-order valence-electron chi connectivity index (χ4n) is 4.01. The molecule has 0 radical (unpaired) electrons. The van der Waals surface area contributed by atoms with Crippen molar-refractivity contribution >= 4 is 11.8 Å². The van der Waals surface area contributed by atoms with Crippen molar-refractivity contribution in [2.24, 2.45) is 0 Å². The molecule has 0 fully saturated rings. The predicted molar refractivity (Wildman–Crippen MR) is 139 cm³/mol. The molecule has 2 aromatic carbocycles. The number of aliphatic hydroxyl groups is 1. The first-order valence-electron chi connectivity index (χ1n) is 12.1. The normalized spacial score (nSPS) is 13.2. The van der Waals surface area contributed by atoms with Gasteiger partial charge >= 0.3 is 12.5 Å². The third-order valence-electron chi connectivity index (χ3n) is 5.64. The van der Waals surface area contributed by atoms with Crippen molar-refractivity contribution in [3.8, 4) is 16.9 Å². The van der Waals surface area contributed by atoms with Gasteiger partial charge in [0.05, 0.1) is 11.8 Å². The van der Waals surface area contributed by atoms with E-state index in [1.54, 1.807) is 39.8 Å². The Hall–Kier alpha value is -3.20. The Morgan fingerprint density at radius 1 is 1.19 bits per heavy atom. The summed E-state index contributed by atoms with van der Waals surface area (Å²) >= 11 is 0. The van der Waals surface area contributed by atoms with E-state index >= 15 is 0 Å². The minimum absolute atomic E-state index is 0.0784. The second-order valence-corrected chi connectivity index (χ2v) is 10.0. The predicted octanol–water partition coefficient (Wildman–Crippen LogP) is 7.39. The van der Waals surface area contributed by atoms with Crippen LogP contribution >= 0.6 is 0 Å². The summed E-state index contributed by atoms with van der Waals surface area (Å²) < 4.78 is 47.3. The zero-order valence-corrected chi connectivity index (χ0v) is 22.7. The molecule has 1 atom stereocenters. The van der Waals surface area contributed by atoms with Crippen molar-refractivity contribution in [2.75, 3.05) is 11.9 Å². The van der Waals surface area contributed by atoms with E-state index in [9.17, 15) is 23.1 Å². The van der Waals surface area contributed by atoms with Gasteiger partial charge in [-0.1, -0.05) is 24.6 Å². The standard InChI is InChI=1S/C28H37F3N2O4/c1-9-17(2)16-33(8)25-18(3)23(20-10-12-22(13-11-20)36-28(29,30)31)14-21(24(25)19(4)34)15-32-26(35)37-27(5,6)7/h10-14,16,19,34H,9,15H2,1-8H3,(H,32,35)/b17-16+. The highest BCUT2D eigenvalue weighted by molar-refractivity contribution is 5.79. The molecule has 1 unspecified atom stereocenters. The van der Waals surface area contributed by atoms with Crippen LogP contribution in [0, 0.1) is 6.92 Å². The van der Waals surface area contributed by atoms with Crippen LogP contribution < -0.4 is 15.0 Å². The number of hydrogen-bond acceptors (Lipinski definition) is 5. The number of nitrogens with one attached hydrogen (secondary N) is 1. The number of carbonyl (C=O) groups is 1. The Balaban J connectivity index is 2.66. The first-order chi connectivity index (χ1) is 17.0. The molecule has 1 amide bonds. The smallest absolute Gasteiger partial charge is 0.444 e. The third kappa shape index (κ3) is 8.70. The first-order valence-corrected chi connectivity index (χ1v) is 12.1. The maximum absolute atomic E-state index is 12.6. The van der Waals surface area contributed by atoms with Crippen molar-refractivity contribution in [1.82, 2.24) is 5.32 Å². The van der Waals surface area contributed by atoms with E-state index in [0.29, 0.717) is 16.7 Å². The molecule has 0 aliphatic rings. The molecular weight excluding hydrogens is 485 g/mol. The number of halogens is 3. The molecule has 2 aromatic rings. The molecule has 9 heteroatoms. The number of ether oxygens (including phenoxy) is 2. The average molecular weight is 523 g/mol. The van der Waals surface area contributed by atoms with Gasteiger partial charge in [0, 0.05) is 25.4 Å². The summed E-state index contributed by atoms with van der Waals surface area (Å²) in [5.41, 5.74) is 4.70. The fourth-order valence-corrected chi connectivity index (χ4v) is 4.01. The average Bonchev–Trinajstić information content (AvgIpc) is 2.75. The molecule has 37 heavy (non-hydrogen) atoms. The SMILES string of the molecule is CC/C(C)=C/N(C)c1c(C)c(-c2ccc(OC(F)(F)F)cc2)cc(CNC(=O)OC(C)(C)C)c1C(C)O. The highest BCUT2D eigenvalue weighted by atomic mass is 19.4. The monoisotopic (exact) mass is 522 g/mol. The molecule has 0 bridgehead atoms. The molecule has 2 rings (SSSR count). The summed E-state index contributed by atoms with van der Waals surface area (Å²) in [6.07, 6.45) is -3.43. The molecule has 2 N–H and O–H groups in total. The zero-order chi connectivity index (χ0) is 28.1. The van der Waals surface area contributed by atoms with Crippen LogP contribution in [-0.2, 0) is 11.3 Å². The number of rotatable bonds is 8. The lowest BCUT2D eigenvalue weighted by Crippen LogP contribution is -2.32. The van der Waals surface area contributed by atoms with Crippen LogP contribution in [0.5, 0.6) is 5.75 Å². The highest BCUT2D eigenvalue weighted by Gasteiger charge is 2.31. The molecule has 0 aromatic heterocycles. The summed E-state index contributed by atoms with van der Waals surface area (Å²) in [4.78, 5) is 14.3. The van der Waals surface area contributed by atoms with E-state index in [1.165, 1.54) is 12.1 Å². The lowest BCUT2D eigenvalue weighted by molar-refractivity contribution is -0.274. The molecular formula is C28H37F3N2O4. The maximum Gasteiger partial charge on any atom is 0.573 e. The molecule has 6 nitrogen and oxygen atoms in total. The van der Waals surface area contributed by atoms with Crippen LogP contribution in [0.3, 0.4) is 0 Å². The molecule has 0 aliphatic carbocycles. The van der Waals surface area contributed by atoms with Crippen molar-refractivity contribution < 1.29 is 32.5 Å². The quantitative estimate of drug-likeness (QED) is 0.378. The van der Waals surface area contributed by atoms with Gasteiger partial charge in [-0.05, 0) is 88.4 Å². The number of anilines is 1. The number of alkyl carbamates (subject to hydrolysis) is 1. The second-order valence-electron chi connectivity index (χ2n) is 10.0. The van der Waals surface area contributed by atoms with Gasteiger partial charge in [0.2, 0.25) is 0 Å². The van der Waals surface area contributed by atoms with Gasteiger partial charge < -0.3 is 24.8 Å². The number of carbonyl (C=O) groups excluding carboxylic acids is 1. The lowest BCUT2D eigenvalue weighted by Gasteiger charge is -2.28. The first kappa shape index (κ1) is 30.0. The van der Waals surface area contributed by atoms with Gasteiger partial charge in [-0.3, -0.25) is 0 Å². The number of allylic oxidation sites excluding steroid dienone is 1. The van der Waals surface area contributed by atoms with E-state index in [0.717, 1.165) is 28.8 Å². The summed E-state index contributed by atoms with van der Waals surface area (Å²) in [6, 6.07) is 7.45. The number of aliphatic hydroxyl groups excluding tert-OH is 1. The van der Waals surface area contributed by atoms with Crippen molar-refractivity contribution in [2.45, 2.75) is 79.5 Å². The minimum atomic E-state index is -4.78. The van der Waals surface area contributed by atoms with Gasteiger partial charge in [0.1, 0.15) is 11.4 Å². The maximum atomic E-state index is 12.6. The zero-order valence-electron chi connectivity index (χ0n) is 22.7. The van der Waals surface area contributed by atoms with Gasteiger partial charge in [0.25, 0.3) is 0 Å². The Kier molecular flexibility index (Phi) is 9.66. The topological polar surface area (TPSA) is 71.0 Å². The summed E-state index contributed by atoms with van der Waals surface area (Å²) in [5, 5.41) is 13.5. The molecule has 0 spiro atoms. The van der Waals surface area contributed by atoms with E-state index < -0.39 is 24.2 Å². The van der Waals surface area contributed by atoms with Crippen molar-refractivity contribution in [3.63, 3.8) is 0 Å². The Morgan fingerprint density at radius 2 is 1.78 bits per heavy atom. The van der Waals surface area contributed by atoms with Crippen LogP contribution in [-0.4, -0.2) is 30.2 Å². The second kappa shape index (κ2) is 11.9. The van der Waals surface area contributed by atoms with Crippen LogP contribution in [0.4, 0.5) is 23.7 Å². The van der Waals surface area contributed by atoms with E-state index in [1.807, 2.05) is 45.0 Å². The van der Waals surface area contributed by atoms with E-state index in [2.05, 4.69) is 10.1 Å². The summed E-state index contributed by atoms with van der Waals surface area (Å²) in [5.74, 6) is -0.319. The van der Waals surface area contributed by atoms with E-state index in [4.69, 9.17) is 4.74 Å². The lowest BCUT2D eigenvalue weighted by atomic mass is 9.89. The van der Waals surface area contributed by atoms with Crippen molar-refractivity contribution in [1.29, 1.82) is 0 Å². The Morgan fingerprint density at radius 3 is 2.27 bits per heavy atom. The summed E-state index contributed by atoms with van der Waals surface area (Å²) in [7, 11) is 1.88. The van der Waals surface area contributed by atoms with Gasteiger partial charge in [-0.15, -0.1) is 13.2 Å². The van der Waals surface area contributed by atoms with Crippen LogP contribution in [0.1, 0.15) is 70.8 Å². The highest BCUT2D eigenvalue weighted by Crippen LogP contribution is 2.40. The number of hydrogen-bond donors (Lipinski definition) is 2. The molecule has 204 valence electrons. The molecule has 0 saturated carbocycles. The van der Waals surface area contributed by atoms with Crippen LogP contribution in [0.25, 0.3) is 11.1 Å². The minimum Gasteiger partial charge on any atom is -0.444 e. The fraction of sp³-hybridized carbons (Fsp3) is 0.464. The largest absolute Gasteiger partial charge is 0.573 e. The van der Waals surface area contributed by atoms with Crippen LogP contribution in [0.2, 0.25) is 0 Å². The van der Waals surface area contributed by atoms with Gasteiger partial charge in [0.15, 0.2) is 0 Å². The number of alkyl halides is 3. The Labute approximate surface area is 217 Å². The van der Waals surface area contributed by atoms with Gasteiger partial charge in [-0.2, -0.15) is 0 Å². The van der Waals surface area contributed by atoms with Crippen molar-refractivity contribution in [3.05, 3.63) is 58.8 Å². The van der Waals surface area contributed by atoms with E-state index in [-0.39, 0.29) is 12.3 Å². The van der Waals surface area contributed by atoms with Crippen LogP contribution in [0.15, 0.2) is 42.1 Å². The Bertz CT molecular complexity index is 1120. The summed E-state index contributed by atoms with van der Waals surface area (Å²) in [6.45, 7) is 13.0. The molecule has 0 aliphatic heterocycles. The number of amides is 1. The number of benzene rings is 2. The third-order valence-corrected chi connectivity index (χ3v) is 5.64. The molecule has 0 saturated heterocycles.